The molecule has 6 aromatic rings. The van der Waals surface area contributed by atoms with Crippen molar-refractivity contribution in [3.63, 3.8) is 0 Å². The Labute approximate surface area is 367 Å². The number of oxime groups is 2. The molecule has 304 valence electrons. The van der Waals surface area contributed by atoms with Crippen LogP contribution in [0.25, 0.3) is 22.1 Å². The number of aryl methyl sites for hydroxylation is 2. The average molecular weight is 904 g/mol. The fourth-order valence-corrected chi connectivity index (χ4v) is 8.83. The van der Waals surface area contributed by atoms with Gasteiger partial charge in [-0.15, -0.1) is 0 Å². The van der Waals surface area contributed by atoms with Crippen molar-refractivity contribution in [1.29, 1.82) is 0 Å². The lowest BCUT2D eigenvalue weighted by Crippen LogP contribution is -2.28. The maximum Gasteiger partial charge on any atom is 0.211 e. The number of hydrogen-bond donors (Lipinski definition) is 0. The standard InChI is InChI=1S/2C21H21Cl3N4O/c2*1-3-17(26-29-4-2)14-7-8-15(23)19-20(14)28-11-5-10-27(21(28)25-19)18-9-6-13(22)12-16(18)24/h2*6-9,12H,3-5,10-11H2,1-2H3/b26-17+;26-17-. The SMILES string of the molecule is CCO/N=C(/CC)c1ccc(Cl)c2nc3n(c12)CCCN3c1ccc(Cl)cc1Cl.CCO/N=C(\CC)c1ccc(Cl)c2nc3n(c12)CCCN3c1ccc(Cl)cc1Cl. The number of anilines is 4. The molecule has 2 aliphatic heterocycles. The van der Waals surface area contributed by atoms with Crippen LogP contribution in [0, 0.1) is 0 Å². The van der Waals surface area contributed by atoms with E-state index >= 15 is 0 Å². The number of nitrogens with zero attached hydrogens (tertiary/aromatic N) is 8. The molecule has 0 amide bonds. The fourth-order valence-electron chi connectivity index (χ4n) is 7.42. The summed E-state index contributed by atoms with van der Waals surface area (Å²) < 4.78 is 4.39. The number of rotatable bonds is 10. The lowest BCUT2D eigenvalue weighted by atomic mass is 10.1. The highest BCUT2D eigenvalue weighted by atomic mass is 35.5. The lowest BCUT2D eigenvalue weighted by molar-refractivity contribution is 0.158. The van der Waals surface area contributed by atoms with Crippen LogP contribution in [0.4, 0.5) is 23.3 Å². The van der Waals surface area contributed by atoms with E-state index in [0.29, 0.717) is 43.3 Å². The highest BCUT2D eigenvalue weighted by molar-refractivity contribution is 6.38. The highest BCUT2D eigenvalue weighted by Crippen LogP contribution is 2.41. The average Bonchev–Trinajstić information content (AvgIpc) is 3.82. The van der Waals surface area contributed by atoms with Crippen molar-refractivity contribution in [2.75, 3.05) is 36.1 Å². The Morgan fingerprint density at radius 3 is 1.33 bits per heavy atom. The summed E-state index contributed by atoms with van der Waals surface area (Å²) in [6.07, 6.45) is 3.38. The summed E-state index contributed by atoms with van der Waals surface area (Å²) in [6.45, 7) is 12.3. The molecular weight excluding hydrogens is 861 g/mol. The first kappa shape index (κ1) is 42.2. The predicted octanol–water partition coefficient (Wildman–Crippen LogP) is 13.4. The first-order valence-corrected chi connectivity index (χ1v) is 21.6. The second-order valence-electron chi connectivity index (χ2n) is 13.5. The summed E-state index contributed by atoms with van der Waals surface area (Å²) in [5.74, 6) is 1.63. The zero-order valence-corrected chi connectivity index (χ0v) is 37.0. The first-order valence-electron chi connectivity index (χ1n) is 19.3. The van der Waals surface area contributed by atoms with E-state index in [9.17, 15) is 0 Å². The smallest absolute Gasteiger partial charge is 0.211 e. The van der Waals surface area contributed by atoms with Gasteiger partial charge in [0.1, 0.15) is 24.2 Å². The van der Waals surface area contributed by atoms with Crippen LogP contribution < -0.4 is 9.80 Å². The van der Waals surface area contributed by atoms with Gasteiger partial charge >= 0.3 is 0 Å². The molecule has 2 aliphatic rings. The van der Waals surface area contributed by atoms with Gasteiger partial charge in [0.2, 0.25) is 11.9 Å². The second kappa shape index (κ2) is 18.6. The first-order chi connectivity index (χ1) is 28.1. The summed E-state index contributed by atoms with van der Waals surface area (Å²) >= 11 is 38.2. The number of hydrogen-bond acceptors (Lipinski definition) is 8. The van der Waals surface area contributed by atoms with Crippen molar-refractivity contribution >= 4 is 126 Å². The number of halogens is 6. The lowest BCUT2D eigenvalue weighted by Gasteiger charge is -2.30. The van der Waals surface area contributed by atoms with Crippen LogP contribution in [0.3, 0.4) is 0 Å². The van der Waals surface area contributed by atoms with E-state index in [1.165, 1.54) is 0 Å². The molecule has 0 fully saturated rings. The van der Waals surface area contributed by atoms with E-state index in [0.717, 1.165) is 120 Å². The van der Waals surface area contributed by atoms with E-state index in [4.69, 9.17) is 89.2 Å². The Morgan fingerprint density at radius 1 is 0.552 bits per heavy atom. The minimum atomic E-state index is 0.521. The molecule has 16 heteroatoms. The molecule has 10 nitrogen and oxygen atoms in total. The van der Waals surface area contributed by atoms with Gasteiger partial charge in [0.15, 0.2) is 0 Å². The van der Waals surface area contributed by atoms with Crippen molar-refractivity contribution in [3.05, 3.63) is 102 Å². The minimum absolute atomic E-state index is 0.521. The molecule has 4 heterocycles. The van der Waals surface area contributed by atoms with Crippen LogP contribution in [0.5, 0.6) is 0 Å². The highest BCUT2D eigenvalue weighted by Gasteiger charge is 2.29. The maximum atomic E-state index is 6.54. The van der Waals surface area contributed by atoms with Crippen molar-refractivity contribution in [1.82, 2.24) is 19.1 Å². The predicted molar refractivity (Wildman–Crippen MR) is 243 cm³/mol. The summed E-state index contributed by atoms with van der Waals surface area (Å²) in [5.41, 5.74) is 8.95. The van der Waals surface area contributed by atoms with Crippen LogP contribution in [0.15, 0.2) is 71.0 Å². The van der Waals surface area contributed by atoms with Gasteiger partial charge in [0.05, 0.1) is 53.9 Å². The van der Waals surface area contributed by atoms with E-state index in [2.05, 4.69) is 43.1 Å². The Morgan fingerprint density at radius 2 is 0.966 bits per heavy atom. The van der Waals surface area contributed by atoms with Gasteiger partial charge in [0.25, 0.3) is 0 Å². The molecular formula is C42H42Cl6N8O2. The molecule has 58 heavy (non-hydrogen) atoms. The summed E-state index contributed by atoms with van der Waals surface area (Å²) in [4.78, 5) is 24.7. The third-order valence-electron chi connectivity index (χ3n) is 9.96. The molecule has 0 unspecified atom stereocenters. The Bertz CT molecular complexity index is 2360. The van der Waals surface area contributed by atoms with Gasteiger partial charge in [-0.2, -0.15) is 0 Å². The third-order valence-corrected chi connectivity index (χ3v) is 11.6. The minimum Gasteiger partial charge on any atom is -0.396 e. The quantitative estimate of drug-likeness (QED) is 0.101. The normalized spacial score (nSPS) is 14.4. The van der Waals surface area contributed by atoms with E-state index < -0.39 is 0 Å². The number of imidazole rings is 2. The van der Waals surface area contributed by atoms with Crippen LogP contribution in [0.2, 0.25) is 30.1 Å². The molecule has 0 saturated carbocycles. The number of aromatic nitrogens is 4. The molecule has 0 spiro atoms. The van der Waals surface area contributed by atoms with Gasteiger partial charge in [-0.05, 0) is 100 Å². The van der Waals surface area contributed by atoms with E-state index in [1.807, 2.05) is 62.4 Å². The monoisotopic (exact) mass is 900 g/mol. The van der Waals surface area contributed by atoms with Gasteiger partial charge < -0.3 is 28.6 Å². The van der Waals surface area contributed by atoms with Gasteiger partial charge in [-0.3, -0.25) is 0 Å². The topological polar surface area (TPSA) is 85.3 Å². The van der Waals surface area contributed by atoms with Gasteiger partial charge in [-0.1, -0.05) is 93.8 Å². The Balaban J connectivity index is 0.000000177. The van der Waals surface area contributed by atoms with Gasteiger partial charge in [0, 0.05) is 47.4 Å². The summed E-state index contributed by atoms with van der Waals surface area (Å²) in [5, 5.41) is 12.3. The molecule has 0 aliphatic carbocycles. The summed E-state index contributed by atoms with van der Waals surface area (Å²) in [7, 11) is 0. The van der Waals surface area contributed by atoms with Crippen molar-refractivity contribution in [2.45, 2.75) is 66.5 Å². The molecule has 4 aromatic carbocycles. The van der Waals surface area contributed by atoms with Crippen LogP contribution in [-0.2, 0) is 22.8 Å². The third kappa shape index (κ3) is 8.29. The number of fused-ring (bicyclic) bond motifs is 6. The van der Waals surface area contributed by atoms with E-state index in [1.54, 1.807) is 12.1 Å². The van der Waals surface area contributed by atoms with Crippen LogP contribution >= 0.6 is 69.6 Å². The second-order valence-corrected chi connectivity index (χ2v) is 16.0. The molecule has 0 saturated heterocycles. The van der Waals surface area contributed by atoms with Crippen molar-refractivity contribution < 1.29 is 9.68 Å². The molecule has 0 bridgehead atoms. The molecule has 0 atom stereocenters. The van der Waals surface area contributed by atoms with Crippen molar-refractivity contribution in [3.8, 4) is 0 Å². The van der Waals surface area contributed by atoms with E-state index in [-0.39, 0.29) is 0 Å². The molecule has 0 N–H and O–H groups in total. The zero-order chi connectivity index (χ0) is 41.1. The fraction of sp³-hybridized carbons (Fsp3) is 0.333. The Hall–Kier alpha value is -3.90. The van der Waals surface area contributed by atoms with Gasteiger partial charge in [-0.25, -0.2) is 9.97 Å². The zero-order valence-electron chi connectivity index (χ0n) is 32.5. The van der Waals surface area contributed by atoms with Crippen LogP contribution in [0.1, 0.15) is 64.5 Å². The molecule has 2 aromatic heterocycles. The molecule has 0 radical (unpaired) electrons. The van der Waals surface area contributed by atoms with Crippen molar-refractivity contribution in [2.24, 2.45) is 10.3 Å². The Kier molecular flexibility index (Phi) is 13.5. The maximum absolute atomic E-state index is 6.54. The number of benzene rings is 4. The largest absolute Gasteiger partial charge is 0.396 e. The summed E-state index contributed by atoms with van der Waals surface area (Å²) in [6, 6.07) is 18.8. The van der Waals surface area contributed by atoms with Crippen LogP contribution in [-0.4, -0.2) is 56.8 Å². The molecule has 8 rings (SSSR count).